The summed E-state index contributed by atoms with van der Waals surface area (Å²) in [6.45, 7) is 9.42. The standard InChI is InChI=1S/C23H27N3O2/c1-6-26-19-10-8-7-9-18(19)24-20(26)15-25(5)22(28)21(27)16-11-13-17(14-12-16)23(2,3)4/h7-14H,6,15H2,1-5H3. The molecular weight excluding hydrogens is 350 g/mol. The van der Waals surface area contributed by atoms with E-state index in [2.05, 4.69) is 30.3 Å². The van der Waals surface area contributed by atoms with Crippen molar-refractivity contribution >= 4 is 22.7 Å². The zero-order valence-electron chi connectivity index (χ0n) is 17.2. The normalized spacial score (nSPS) is 11.6. The lowest BCUT2D eigenvalue weighted by atomic mass is 9.86. The van der Waals surface area contributed by atoms with Gasteiger partial charge in [-0.2, -0.15) is 0 Å². The van der Waals surface area contributed by atoms with Crippen molar-refractivity contribution < 1.29 is 9.59 Å². The number of aryl methyl sites for hydroxylation is 1. The molecule has 0 saturated carbocycles. The molecule has 0 spiro atoms. The first-order valence-electron chi connectivity index (χ1n) is 9.57. The van der Waals surface area contributed by atoms with E-state index in [-0.39, 0.29) is 12.0 Å². The van der Waals surface area contributed by atoms with Gasteiger partial charge in [-0.15, -0.1) is 0 Å². The number of Topliss-reactive ketones (excluding diaryl/α,β-unsaturated/α-hetero) is 1. The molecule has 0 N–H and O–H groups in total. The van der Waals surface area contributed by atoms with E-state index in [1.54, 1.807) is 19.2 Å². The van der Waals surface area contributed by atoms with Crippen LogP contribution in [-0.2, 0) is 23.3 Å². The molecule has 1 heterocycles. The molecule has 0 radical (unpaired) electrons. The summed E-state index contributed by atoms with van der Waals surface area (Å²) in [6, 6.07) is 15.2. The average Bonchev–Trinajstić information content (AvgIpc) is 3.03. The summed E-state index contributed by atoms with van der Waals surface area (Å²) < 4.78 is 2.07. The third-order valence-electron chi connectivity index (χ3n) is 4.98. The van der Waals surface area contributed by atoms with Crippen molar-refractivity contribution in [1.29, 1.82) is 0 Å². The number of benzene rings is 2. The molecule has 0 fully saturated rings. The van der Waals surface area contributed by atoms with Gasteiger partial charge in [0.25, 0.3) is 5.91 Å². The Kier molecular flexibility index (Phi) is 5.36. The number of ketones is 1. The predicted molar refractivity (Wildman–Crippen MR) is 111 cm³/mol. The van der Waals surface area contributed by atoms with Crippen molar-refractivity contribution in [1.82, 2.24) is 14.5 Å². The lowest BCUT2D eigenvalue weighted by Crippen LogP contribution is -2.33. The Morgan fingerprint density at radius 1 is 1.04 bits per heavy atom. The van der Waals surface area contributed by atoms with Gasteiger partial charge in [-0.25, -0.2) is 4.98 Å². The maximum atomic E-state index is 12.7. The molecule has 2 aromatic carbocycles. The molecule has 0 saturated heterocycles. The van der Waals surface area contributed by atoms with Gasteiger partial charge in [-0.3, -0.25) is 9.59 Å². The molecule has 146 valence electrons. The van der Waals surface area contributed by atoms with Crippen LogP contribution in [0.25, 0.3) is 11.0 Å². The predicted octanol–water partition coefficient (Wildman–Crippen LogP) is 4.20. The Hall–Kier alpha value is -2.95. The van der Waals surface area contributed by atoms with E-state index < -0.39 is 11.7 Å². The first-order valence-corrected chi connectivity index (χ1v) is 9.57. The van der Waals surface area contributed by atoms with Crippen molar-refractivity contribution in [3.05, 3.63) is 65.5 Å². The summed E-state index contributed by atoms with van der Waals surface area (Å²) in [5, 5.41) is 0. The number of carbonyl (C=O) groups excluding carboxylic acids is 2. The number of carbonyl (C=O) groups is 2. The number of para-hydroxylation sites is 2. The summed E-state index contributed by atoms with van der Waals surface area (Å²) in [6.07, 6.45) is 0. The quantitative estimate of drug-likeness (QED) is 0.495. The van der Waals surface area contributed by atoms with E-state index in [1.807, 2.05) is 43.3 Å². The monoisotopic (exact) mass is 377 g/mol. The van der Waals surface area contributed by atoms with Crippen molar-refractivity contribution in [2.24, 2.45) is 0 Å². The Morgan fingerprint density at radius 3 is 2.29 bits per heavy atom. The molecule has 0 unspecified atom stereocenters. The fraction of sp³-hybridized carbons (Fsp3) is 0.348. The van der Waals surface area contributed by atoms with Crippen molar-refractivity contribution in [2.45, 2.75) is 46.2 Å². The second-order valence-electron chi connectivity index (χ2n) is 8.08. The van der Waals surface area contributed by atoms with Gasteiger partial charge in [-0.1, -0.05) is 57.2 Å². The molecule has 5 heteroatoms. The zero-order valence-corrected chi connectivity index (χ0v) is 17.2. The smallest absolute Gasteiger partial charge is 0.295 e. The molecule has 1 aromatic heterocycles. The largest absolute Gasteiger partial charge is 0.331 e. The van der Waals surface area contributed by atoms with Gasteiger partial charge in [0, 0.05) is 19.2 Å². The molecule has 5 nitrogen and oxygen atoms in total. The number of imidazole rings is 1. The number of rotatable bonds is 5. The number of hydrogen-bond acceptors (Lipinski definition) is 3. The van der Waals surface area contributed by atoms with Crippen LogP contribution in [0.5, 0.6) is 0 Å². The zero-order chi connectivity index (χ0) is 20.5. The van der Waals surface area contributed by atoms with Gasteiger partial charge in [-0.05, 0) is 30.0 Å². The molecule has 1 amide bonds. The van der Waals surface area contributed by atoms with Crippen LogP contribution in [0.15, 0.2) is 48.5 Å². The fourth-order valence-corrected chi connectivity index (χ4v) is 3.30. The SMILES string of the molecule is CCn1c(CN(C)C(=O)C(=O)c2ccc(C(C)(C)C)cc2)nc2ccccc21. The highest BCUT2D eigenvalue weighted by molar-refractivity contribution is 6.42. The second kappa shape index (κ2) is 7.58. The van der Waals surface area contributed by atoms with Gasteiger partial charge in [0.15, 0.2) is 0 Å². The number of fused-ring (bicyclic) bond motifs is 1. The van der Waals surface area contributed by atoms with Gasteiger partial charge in [0.05, 0.1) is 17.6 Å². The fourth-order valence-electron chi connectivity index (χ4n) is 3.30. The van der Waals surface area contributed by atoms with Crippen LogP contribution in [0.3, 0.4) is 0 Å². The summed E-state index contributed by atoms with van der Waals surface area (Å²) in [5.74, 6) is -0.254. The number of hydrogen-bond donors (Lipinski definition) is 0. The number of likely N-dealkylation sites (N-methyl/N-ethyl adjacent to an activating group) is 1. The van der Waals surface area contributed by atoms with E-state index in [0.29, 0.717) is 5.56 Å². The molecule has 3 rings (SSSR count). The van der Waals surface area contributed by atoms with E-state index in [9.17, 15) is 9.59 Å². The summed E-state index contributed by atoms with van der Waals surface area (Å²) >= 11 is 0. The molecule has 0 atom stereocenters. The van der Waals surface area contributed by atoms with Crippen LogP contribution in [-0.4, -0.2) is 33.2 Å². The molecule has 3 aromatic rings. The molecular formula is C23H27N3O2. The van der Waals surface area contributed by atoms with Crippen molar-refractivity contribution in [3.63, 3.8) is 0 Å². The Bertz CT molecular complexity index is 1010. The molecule has 0 aliphatic heterocycles. The second-order valence-corrected chi connectivity index (χ2v) is 8.08. The molecule has 0 bridgehead atoms. The third kappa shape index (κ3) is 3.84. The lowest BCUT2D eigenvalue weighted by Gasteiger charge is -2.19. The van der Waals surface area contributed by atoms with Gasteiger partial charge >= 0.3 is 0 Å². The number of aromatic nitrogens is 2. The van der Waals surface area contributed by atoms with Crippen LogP contribution in [0.1, 0.15) is 49.4 Å². The minimum absolute atomic E-state index is 0.00160. The van der Waals surface area contributed by atoms with Crippen LogP contribution >= 0.6 is 0 Å². The first-order chi connectivity index (χ1) is 13.2. The van der Waals surface area contributed by atoms with Crippen LogP contribution in [0.2, 0.25) is 0 Å². The van der Waals surface area contributed by atoms with Gasteiger partial charge in [0.1, 0.15) is 5.82 Å². The Balaban J connectivity index is 1.78. The summed E-state index contributed by atoms with van der Waals surface area (Å²) in [4.78, 5) is 31.4. The van der Waals surface area contributed by atoms with E-state index >= 15 is 0 Å². The van der Waals surface area contributed by atoms with Crippen LogP contribution in [0.4, 0.5) is 0 Å². The number of amides is 1. The minimum Gasteiger partial charge on any atom is -0.331 e. The topological polar surface area (TPSA) is 55.2 Å². The van der Waals surface area contributed by atoms with Crippen LogP contribution < -0.4 is 0 Å². The highest BCUT2D eigenvalue weighted by Crippen LogP contribution is 2.22. The van der Waals surface area contributed by atoms with Crippen molar-refractivity contribution in [2.75, 3.05) is 7.05 Å². The number of nitrogens with zero attached hydrogens (tertiary/aromatic N) is 3. The van der Waals surface area contributed by atoms with E-state index in [4.69, 9.17) is 0 Å². The van der Waals surface area contributed by atoms with Gasteiger partial charge < -0.3 is 9.47 Å². The van der Waals surface area contributed by atoms with Crippen LogP contribution in [0, 0.1) is 0 Å². The lowest BCUT2D eigenvalue weighted by molar-refractivity contribution is -0.125. The summed E-state index contributed by atoms with van der Waals surface area (Å²) in [7, 11) is 1.64. The molecule has 0 aliphatic rings. The highest BCUT2D eigenvalue weighted by Gasteiger charge is 2.23. The molecule has 0 aliphatic carbocycles. The molecule has 28 heavy (non-hydrogen) atoms. The van der Waals surface area contributed by atoms with Crippen molar-refractivity contribution in [3.8, 4) is 0 Å². The first kappa shape index (κ1) is 19.8. The minimum atomic E-state index is -0.529. The van der Waals surface area contributed by atoms with Gasteiger partial charge in [0.2, 0.25) is 5.78 Å². The highest BCUT2D eigenvalue weighted by atomic mass is 16.2. The maximum absolute atomic E-state index is 12.7. The summed E-state index contributed by atoms with van der Waals surface area (Å²) in [5.41, 5.74) is 3.46. The Labute approximate surface area is 166 Å². The van der Waals surface area contributed by atoms with E-state index in [0.717, 1.165) is 29.0 Å². The Morgan fingerprint density at radius 2 is 1.68 bits per heavy atom. The maximum Gasteiger partial charge on any atom is 0.295 e. The van der Waals surface area contributed by atoms with E-state index in [1.165, 1.54) is 4.90 Å². The average molecular weight is 377 g/mol. The third-order valence-corrected chi connectivity index (χ3v) is 4.98.